The molecule has 2 rings (SSSR count). The van der Waals surface area contributed by atoms with Crippen LogP contribution in [0.25, 0.3) is 12.2 Å². The largest absolute Gasteiger partial charge is 0.493 e. The maximum Gasteiger partial charge on any atom is 0.258 e. The predicted molar refractivity (Wildman–Crippen MR) is 102 cm³/mol. The smallest absolute Gasteiger partial charge is 0.258 e. The summed E-state index contributed by atoms with van der Waals surface area (Å²) in [4.78, 5) is 14.8. The molecule has 0 saturated carbocycles. The van der Waals surface area contributed by atoms with Gasteiger partial charge in [-0.25, -0.2) is 0 Å². The Morgan fingerprint density at radius 2 is 1.64 bits per heavy atom. The molecule has 0 fully saturated rings. The van der Waals surface area contributed by atoms with Crippen molar-refractivity contribution in [3.8, 4) is 11.5 Å². The topological polar surface area (TPSA) is 38.8 Å². The lowest BCUT2D eigenvalue weighted by atomic mass is 10.0. The molecular weight excluding hydrogens is 314 g/mol. The van der Waals surface area contributed by atoms with Gasteiger partial charge in [-0.1, -0.05) is 48.6 Å². The van der Waals surface area contributed by atoms with Crippen LogP contribution in [0.2, 0.25) is 0 Å². The van der Waals surface area contributed by atoms with Crippen LogP contribution in [0.4, 0.5) is 0 Å². The molecular formula is C21H25NO3. The first-order chi connectivity index (χ1) is 12.2. The number of ether oxygens (including phenoxy) is 2. The first kappa shape index (κ1) is 18.6. The van der Waals surface area contributed by atoms with Gasteiger partial charge in [-0.05, 0) is 31.0 Å². The van der Waals surface area contributed by atoms with Crippen molar-refractivity contribution in [3.05, 3.63) is 59.2 Å². The van der Waals surface area contributed by atoms with Gasteiger partial charge in [0.05, 0.1) is 19.8 Å². The van der Waals surface area contributed by atoms with E-state index in [1.807, 2.05) is 68.5 Å². The summed E-state index contributed by atoms with van der Waals surface area (Å²) in [7, 11) is 3.13. The van der Waals surface area contributed by atoms with Gasteiger partial charge >= 0.3 is 0 Å². The van der Waals surface area contributed by atoms with E-state index in [9.17, 15) is 4.79 Å². The zero-order chi connectivity index (χ0) is 18.2. The van der Waals surface area contributed by atoms with Crippen molar-refractivity contribution < 1.29 is 14.3 Å². The third kappa shape index (κ3) is 4.21. The maximum absolute atomic E-state index is 13.0. The fourth-order valence-electron chi connectivity index (χ4n) is 2.72. The number of benzene rings is 2. The van der Waals surface area contributed by atoms with E-state index in [0.29, 0.717) is 30.2 Å². The van der Waals surface area contributed by atoms with Crippen LogP contribution in [0, 0.1) is 0 Å². The summed E-state index contributed by atoms with van der Waals surface area (Å²) >= 11 is 0. The summed E-state index contributed by atoms with van der Waals surface area (Å²) in [5, 5.41) is 0. The standard InChI is InChI=1S/C21H25NO3/c1-5-22(6-2)21(23)19-17(13-12-16-10-8-7-9-11-16)14-15-18(24-3)20(19)25-4/h7-15H,5-6H2,1-4H3/b13-12+. The molecule has 0 aliphatic heterocycles. The fraction of sp³-hybridized carbons (Fsp3) is 0.286. The summed E-state index contributed by atoms with van der Waals surface area (Å²) in [6.45, 7) is 5.20. The number of methoxy groups -OCH3 is 2. The Morgan fingerprint density at radius 3 is 2.20 bits per heavy atom. The normalized spacial score (nSPS) is 10.7. The van der Waals surface area contributed by atoms with Gasteiger partial charge in [0.25, 0.3) is 5.91 Å². The quantitative estimate of drug-likeness (QED) is 0.704. The van der Waals surface area contributed by atoms with Crippen molar-refractivity contribution in [2.45, 2.75) is 13.8 Å². The molecule has 0 aromatic heterocycles. The van der Waals surface area contributed by atoms with Gasteiger partial charge in [0.15, 0.2) is 11.5 Å². The molecule has 0 spiro atoms. The summed E-state index contributed by atoms with van der Waals surface area (Å²) in [6, 6.07) is 13.7. The second-order valence-corrected chi connectivity index (χ2v) is 5.49. The Hall–Kier alpha value is -2.75. The Balaban J connectivity index is 2.55. The number of hydrogen-bond donors (Lipinski definition) is 0. The van der Waals surface area contributed by atoms with E-state index in [4.69, 9.17) is 9.47 Å². The minimum Gasteiger partial charge on any atom is -0.493 e. The van der Waals surface area contributed by atoms with Crippen LogP contribution < -0.4 is 9.47 Å². The minimum absolute atomic E-state index is 0.0616. The Bertz CT molecular complexity index is 734. The fourth-order valence-corrected chi connectivity index (χ4v) is 2.72. The van der Waals surface area contributed by atoms with Crippen molar-refractivity contribution in [2.75, 3.05) is 27.3 Å². The van der Waals surface area contributed by atoms with E-state index in [-0.39, 0.29) is 5.91 Å². The van der Waals surface area contributed by atoms with Crippen LogP contribution in [0.3, 0.4) is 0 Å². The van der Waals surface area contributed by atoms with Gasteiger partial charge in [0, 0.05) is 13.1 Å². The maximum atomic E-state index is 13.0. The summed E-state index contributed by atoms with van der Waals surface area (Å²) in [5.41, 5.74) is 2.40. The lowest BCUT2D eigenvalue weighted by Gasteiger charge is -2.22. The van der Waals surface area contributed by atoms with Crippen LogP contribution in [0.15, 0.2) is 42.5 Å². The molecule has 0 N–H and O–H groups in total. The third-order valence-corrected chi connectivity index (χ3v) is 4.10. The zero-order valence-corrected chi connectivity index (χ0v) is 15.3. The average Bonchev–Trinajstić information content (AvgIpc) is 2.67. The molecule has 0 bridgehead atoms. The zero-order valence-electron chi connectivity index (χ0n) is 15.3. The van der Waals surface area contributed by atoms with Gasteiger partial charge in [-0.2, -0.15) is 0 Å². The number of carbonyl (C=O) groups excluding carboxylic acids is 1. The molecule has 4 nitrogen and oxygen atoms in total. The summed E-state index contributed by atoms with van der Waals surface area (Å²) < 4.78 is 10.9. The van der Waals surface area contributed by atoms with E-state index in [1.165, 1.54) is 0 Å². The van der Waals surface area contributed by atoms with E-state index in [1.54, 1.807) is 19.1 Å². The van der Waals surface area contributed by atoms with Crippen LogP contribution in [0.1, 0.15) is 35.3 Å². The molecule has 0 aliphatic carbocycles. The highest BCUT2D eigenvalue weighted by Crippen LogP contribution is 2.35. The van der Waals surface area contributed by atoms with Crippen molar-refractivity contribution in [2.24, 2.45) is 0 Å². The van der Waals surface area contributed by atoms with Gasteiger partial charge in [0.1, 0.15) is 0 Å². The van der Waals surface area contributed by atoms with Gasteiger partial charge < -0.3 is 14.4 Å². The highest BCUT2D eigenvalue weighted by Gasteiger charge is 2.23. The number of carbonyl (C=O) groups is 1. The lowest BCUT2D eigenvalue weighted by Crippen LogP contribution is -2.31. The molecule has 0 unspecified atom stereocenters. The molecule has 0 aliphatic rings. The molecule has 2 aromatic carbocycles. The summed E-state index contributed by atoms with van der Waals surface area (Å²) in [6.07, 6.45) is 3.92. The van der Waals surface area contributed by atoms with Crippen LogP contribution in [-0.2, 0) is 0 Å². The highest BCUT2D eigenvalue weighted by atomic mass is 16.5. The summed E-state index contributed by atoms with van der Waals surface area (Å²) in [5.74, 6) is 0.956. The highest BCUT2D eigenvalue weighted by molar-refractivity contribution is 6.02. The van der Waals surface area contributed by atoms with Crippen LogP contribution in [0.5, 0.6) is 11.5 Å². The molecule has 25 heavy (non-hydrogen) atoms. The van der Waals surface area contributed by atoms with Crippen LogP contribution in [-0.4, -0.2) is 38.1 Å². The van der Waals surface area contributed by atoms with E-state index in [2.05, 4.69) is 0 Å². The van der Waals surface area contributed by atoms with Crippen molar-refractivity contribution >= 4 is 18.1 Å². The number of rotatable bonds is 7. The van der Waals surface area contributed by atoms with E-state index < -0.39 is 0 Å². The molecule has 2 aromatic rings. The minimum atomic E-state index is -0.0616. The van der Waals surface area contributed by atoms with E-state index >= 15 is 0 Å². The Labute approximate surface area is 149 Å². The number of hydrogen-bond acceptors (Lipinski definition) is 3. The van der Waals surface area contributed by atoms with Crippen molar-refractivity contribution in [1.82, 2.24) is 4.90 Å². The SMILES string of the molecule is CCN(CC)C(=O)c1c(/C=C/c2ccccc2)ccc(OC)c1OC. The lowest BCUT2D eigenvalue weighted by molar-refractivity contribution is 0.0768. The second kappa shape index (κ2) is 8.92. The molecule has 0 heterocycles. The second-order valence-electron chi connectivity index (χ2n) is 5.49. The molecule has 4 heteroatoms. The Morgan fingerprint density at radius 1 is 0.960 bits per heavy atom. The average molecular weight is 339 g/mol. The molecule has 0 radical (unpaired) electrons. The monoisotopic (exact) mass is 339 g/mol. The first-order valence-electron chi connectivity index (χ1n) is 8.43. The first-order valence-corrected chi connectivity index (χ1v) is 8.43. The van der Waals surface area contributed by atoms with Crippen molar-refractivity contribution in [3.63, 3.8) is 0 Å². The third-order valence-electron chi connectivity index (χ3n) is 4.10. The number of amides is 1. The molecule has 1 amide bonds. The van der Waals surface area contributed by atoms with Crippen LogP contribution >= 0.6 is 0 Å². The molecule has 0 saturated heterocycles. The predicted octanol–water partition coefficient (Wildman–Crippen LogP) is 4.36. The molecule has 132 valence electrons. The number of nitrogens with zero attached hydrogens (tertiary/aromatic N) is 1. The van der Waals surface area contributed by atoms with Crippen molar-refractivity contribution in [1.29, 1.82) is 0 Å². The molecule has 0 atom stereocenters. The van der Waals surface area contributed by atoms with E-state index in [0.717, 1.165) is 11.1 Å². The Kier molecular flexibility index (Phi) is 6.63. The van der Waals surface area contributed by atoms with Gasteiger partial charge in [-0.3, -0.25) is 4.79 Å². The van der Waals surface area contributed by atoms with Gasteiger partial charge in [-0.15, -0.1) is 0 Å². The van der Waals surface area contributed by atoms with Gasteiger partial charge in [0.2, 0.25) is 0 Å².